The van der Waals surface area contributed by atoms with E-state index in [0.717, 1.165) is 6.42 Å². The Morgan fingerprint density at radius 2 is 2.50 bits per heavy atom. The van der Waals surface area contributed by atoms with Crippen molar-refractivity contribution in [3.05, 3.63) is 0 Å². The van der Waals surface area contributed by atoms with E-state index in [1.54, 1.807) is 6.92 Å². The van der Waals surface area contributed by atoms with Crippen molar-refractivity contribution in [3.8, 4) is 0 Å². The Bertz CT molecular complexity index is 170. The number of aliphatic hydroxyl groups is 1. The highest BCUT2D eigenvalue weighted by Crippen LogP contribution is 2.12. The SMILES string of the molecule is CC(O)CN(C)C1CCOC1=O. The minimum atomic E-state index is -0.400. The molecule has 0 spiro atoms. The van der Waals surface area contributed by atoms with Crippen molar-refractivity contribution in [2.45, 2.75) is 25.5 Å². The molecule has 0 saturated carbocycles. The third-order valence-electron chi connectivity index (χ3n) is 1.99. The minimum absolute atomic E-state index is 0.153. The number of cyclic esters (lactones) is 1. The molecule has 4 nitrogen and oxygen atoms in total. The number of likely N-dealkylation sites (N-methyl/N-ethyl adjacent to an activating group) is 1. The average molecular weight is 173 g/mol. The summed E-state index contributed by atoms with van der Waals surface area (Å²) in [6.07, 6.45) is 0.339. The van der Waals surface area contributed by atoms with Crippen molar-refractivity contribution in [2.75, 3.05) is 20.2 Å². The van der Waals surface area contributed by atoms with Crippen molar-refractivity contribution >= 4 is 5.97 Å². The minimum Gasteiger partial charge on any atom is -0.464 e. The predicted octanol–water partition coefficient (Wildman–Crippen LogP) is -0.386. The second-order valence-corrected chi connectivity index (χ2v) is 3.26. The molecular formula is C8H15NO3. The summed E-state index contributed by atoms with van der Waals surface area (Å²) in [4.78, 5) is 12.9. The first kappa shape index (κ1) is 9.48. The van der Waals surface area contributed by atoms with Crippen LogP contribution in [0.2, 0.25) is 0 Å². The quantitative estimate of drug-likeness (QED) is 0.591. The molecular weight excluding hydrogens is 158 g/mol. The van der Waals surface area contributed by atoms with Gasteiger partial charge in [0.1, 0.15) is 6.04 Å². The lowest BCUT2D eigenvalue weighted by molar-refractivity contribution is -0.142. The molecule has 70 valence electrons. The number of hydrogen-bond donors (Lipinski definition) is 1. The molecule has 12 heavy (non-hydrogen) atoms. The molecule has 0 radical (unpaired) electrons. The maximum atomic E-state index is 11.1. The first-order valence-electron chi connectivity index (χ1n) is 4.16. The molecule has 1 saturated heterocycles. The summed E-state index contributed by atoms with van der Waals surface area (Å²) in [5, 5.41) is 9.08. The van der Waals surface area contributed by atoms with Gasteiger partial charge in [-0.15, -0.1) is 0 Å². The van der Waals surface area contributed by atoms with E-state index in [2.05, 4.69) is 0 Å². The summed E-state index contributed by atoms with van der Waals surface area (Å²) >= 11 is 0. The summed E-state index contributed by atoms with van der Waals surface area (Å²) in [5.74, 6) is -0.168. The van der Waals surface area contributed by atoms with Gasteiger partial charge in [0.2, 0.25) is 0 Å². The number of nitrogens with zero attached hydrogens (tertiary/aromatic N) is 1. The lowest BCUT2D eigenvalue weighted by atomic mass is 10.2. The number of aliphatic hydroxyl groups excluding tert-OH is 1. The maximum Gasteiger partial charge on any atom is 0.323 e. The number of carbonyl (C=O) groups is 1. The van der Waals surface area contributed by atoms with Gasteiger partial charge in [0.05, 0.1) is 12.7 Å². The Labute approximate surface area is 72.1 Å². The van der Waals surface area contributed by atoms with E-state index in [-0.39, 0.29) is 12.0 Å². The van der Waals surface area contributed by atoms with Crippen LogP contribution in [-0.4, -0.2) is 48.3 Å². The summed E-state index contributed by atoms with van der Waals surface area (Å²) in [6, 6.07) is -0.153. The van der Waals surface area contributed by atoms with E-state index in [1.165, 1.54) is 0 Å². The van der Waals surface area contributed by atoms with Gasteiger partial charge in [0, 0.05) is 13.0 Å². The van der Waals surface area contributed by atoms with Crippen LogP contribution >= 0.6 is 0 Å². The zero-order chi connectivity index (χ0) is 9.14. The third-order valence-corrected chi connectivity index (χ3v) is 1.99. The molecule has 0 aromatic rings. The summed E-state index contributed by atoms with van der Waals surface area (Å²) in [6.45, 7) is 2.73. The van der Waals surface area contributed by atoms with Gasteiger partial charge in [0.15, 0.2) is 0 Å². The van der Waals surface area contributed by atoms with Crippen molar-refractivity contribution in [1.29, 1.82) is 0 Å². The van der Waals surface area contributed by atoms with Gasteiger partial charge in [-0.1, -0.05) is 0 Å². The fraction of sp³-hybridized carbons (Fsp3) is 0.875. The van der Waals surface area contributed by atoms with Crippen LogP contribution in [0, 0.1) is 0 Å². The molecule has 1 fully saturated rings. The van der Waals surface area contributed by atoms with E-state index >= 15 is 0 Å². The second kappa shape index (κ2) is 3.87. The molecule has 0 bridgehead atoms. The average Bonchev–Trinajstić information content (AvgIpc) is 2.33. The van der Waals surface area contributed by atoms with Crippen LogP contribution in [0.1, 0.15) is 13.3 Å². The fourth-order valence-corrected chi connectivity index (χ4v) is 1.43. The highest BCUT2D eigenvalue weighted by Gasteiger charge is 2.30. The number of ether oxygens (including phenoxy) is 1. The van der Waals surface area contributed by atoms with E-state index in [4.69, 9.17) is 9.84 Å². The van der Waals surface area contributed by atoms with Gasteiger partial charge in [-0.2, -0.15) is 0 Å². The van der Waals surface area contributed by atoms with E-state index in [0.29, 0.717) is 13.2 Å². The zero-order valence-electron chi connectivity index (χ0n) is 7.49. The Morgan fingerprint density at radius 1 is 1.83 bits per heavy atom. The molecule has 1 heterocycles. The summed E-state index contributed by atoms with van der Waals surface area (Å²) < 4.78 is 4.81. The van der Waals surface area contributed by atoms with Crippen LogP contribution in [0.15, 0.2) is 0 Å². The van der Waals surface area contributed by atoms with E-state index < -0.39 is 6.10 Å². The molecule has 0 aromatic carbocycles. The van der Waals surface area contributed by atoms with Crippen LogP contribution in [-0.2, 0) is 9.53 Å². The molecule has 1 aliphatic heterocycles. The molecule has 0 amide bonds. The Hall–Kier alpha value is -0.610. The molecule has 1 N–H and O–H groups in total. The summed E-state index contributed by atoms with van der Waals surface area (Å²) in [5.41, 5.74) is 0. The molecule has 1 rings (SSSR count). The normalized spacial score (nSPS) is 26.0. The lowest BCUT2D eigenvalue weighted by Crippen LogP contribution is -2.39. The van der Waals surface area contributed by atoms with Gasteiger partial charge in [-0.3, -0.25) is 9.69 Å². The predicted molar refractivity (Wildman–Crippen MR) is 43.7 cm³/mol. The number of rotatable bonds is 3. The van der Waals surface area contributed by atoms with Crippen LogP contribution < -0.4 is 0 Å². The monoisotopic (exact) mass is 173 g/mol. The number of hydrogen-bond acceptors (Lipinski definition) is 4. The summed E-state index contributed by atoms with van der Waals surface area (Å²) in [7, 11) is 1.82. The molecule has 2 atom stereocenters. The van der Waals surface area contributed by atoms with E-state index in [9.17, 15) is 4.79 Å². The van der Waals surface area contributed by atoms with Crippen LogP contribution in [0.25, 0.3) is 0 Å². The smallest absolute Gasteiger partial charge is 0.323 e. The number of esters is 1. The Balaban J connectivity index is 2.40. The highest BCUT2D eigenvalue weighted by molar-refractivity contribution is 5.77. The van der Waals surface area contributed by atoms with Gasteiger partial charge in [-0.05, 0) is 14.0 Å². The van der Waals surface area contributed by atoms with Crippen molar-refractivity contribution < 1.29 is 14.6 Å². The number of carbonyl (C=O) groups excluding carboxylic acids is 1. The third kappa shape index (κ3) is 2.19. The Kier molecular flexibility index (Phi) is 3.05. The van der Waals surface area contributed by atoms with Crippen molar-refractivity contribution in [2.24, 2.45) is 0 Å². The molecule has 1 aliphatic rings. The molecule has 0 aromatic heterocycles. The van der Waals surface area contributed by atoms with E-state index in [1.807, 2.05) is 11.9 Å². The molecule has 2 unspecified atom stereocenters. The van der Waals surface area contributed by atoms with Gasteiger partial charge < -0.3 is 9.84 Å². The van der Waals surface area contributed by atoms with Gasteiger partial charge >= 0.3 is 5.97 Å². The highest BCUT2D eigenvalue weighted by atomic mass is 16.5. The Morgan fingerprint density at radius 3 is 2.92 bits per heavy atom. The first-order valence-corrected chi connectivity index (χ1v) is 4.16. The lowest BCUT2D eigenvalue weighted by Gasteiger charge is -2.21. The van der Waals surface area contributed by atoms with Crippen LogP contribution in [0.4, 0.5) is 0 Å². The molecule has 0 aliphatic carbocycles. The standard InChI is InChI=1S/C8H15NO3/c1-6(10)5-9(2)7-3-4-12-8(7)11/h6-7,10H,3-5H2,1-2H3. The van der Waals surface area contributed by atoms with Gasteiger partial charge in [0.25, 0.3) is 0 Å². The zero-order valence-corrected chi connectivity index (χ0v) is 7.49. The van der Waals surface area contributed by atoms with Crippen molar-refractivity contribution in [1.82, 2.24) is 4.90 Å². The first-order chi connectivity index (χ1) is 5.61. The molecule has 4 heteroatoms. The van der Waals surface area contributed by atoms with Crippen LogP contribution in [0.5, 0.6) is 0 Å². The maximum absolute atomic E-state index is 11.1. The largest absolute Gasteiger partial charge is 0.464 e. The topological polar surface area (TPSA) is 49.8 Å². The van der Waals surface area contributed by atoms with Gasteiger partial charge in [-0.25, -0.2) is 0 Å². The van der Waals surface area contributed by atoms with Crippen molar-refractivity contribution in [3.63, 3.8) is 0 Å². The second-order valence-electron chi connectivity index (χ2n) is 3.26. The van der Waals surface area contributed by atoms with Crippen LogP contribution in [0.3, 0.4) is 0 Å². The fourth-order valence-electron chi connectivity index (χ4n) is 1.43.